The van der Waals surface area contributed by atoms with E-state index in [4.69, 9.17) is 21.8 Å². The Balaban J connectivity index is 1.83. The van der Waals surface area contributed by atoms with Crippen molar-refractivity contribution in [2.24, 2.45) is 0 Å². The molecule has 0 saturated carbocycles. The summed E-state index contributed by atoms with van der Waals surface area (Å²) in [6.45, 7) is 0. The molecule has 0 amide bonds. The first-order chi connectivity index (χ1) is 9.24. The van der Waals surface area contributed by atoms with Gasteiger partial charge in [0.05, 0.1) is 16.5 Å². The van der Waals surface area contributed by atoms with Gasteiger partial charge in [-0.3, -0.25) is 0 Å². The van der Waals surface area contributed by atoms with Crippen LogP contribution in [0.5, 0.6) is 0 Å². The van der Waals surface area contributed by atoms with Crippen LogP contribution >= 0.6 is 23.4 Å². The molecule has 0 atom stereocenters. The predicted molar refractivity (Wildman–Crippen MR) is 79.4 cm³/mol. The van der Waals surface area contributed by atoms with Crippen molar-refractivity contribution < 1.29 is 4.42 Å². The van der Waals surface area contributed by atoms with Gasteiger partial charge < -0.3 is 10.2 Å². The molecule has 2 aromatic carbocycles. The van der Waals surface area contributed by atoms with Gasteiger partial charge in [0.2, 0.25) is 5.89 Å². The number of benzene rings is 2. The van der Waals surface area contributed by atoms with E-state index in [0.29, 0.717) is 17.3 Å². The molecule has 0 spiro atoms. The molecule has 96 valence electrons. The van der Waals surface area contributed by atoms with Crippen LogP contribution in [0.15, 0.2) is 51.8 Å². The van der Waals surface area contributed by atoms with Crippen LogP contribution < -0.4 is 5.73 Å². The molecule has 0 bridgehead atoms. The van der Waals surface area contributed by atoms with Gasteiger partial charge in [-0.2, -0.15) is 0 Å². The normalized spacial score (nSPS) is 11.0. The highest BCUT2D eigenvalue weighted by molar-refractivity contribution is 7.98. The fraction of sp³-hybridized carbons (Fsp3) is 0.0714. The maximum absolute atomic E-state index is 6.10. The number of hydrogen-bond donors (Lipinski definition) is 1. The zero-order valence-electron chi connectivity index (χ0n) is 9.97. The van der Waals surface area contributed by atoms with Gasteiger partial charge in [-0.15, -0.1) is 11.8 Å². The summed E-state index contributed by atoms with van der Waals surface area (Å²) in [7, 11) is 0. The number of rotatable bonds is 3. The molecule has 1 heterocycles. The number of fused-ring (bicyclic) bond motifs is 1. The summed E-state index contributed by atoms with van der Waals surface area (Å²) < 4.78 is 5.66. The van der Waals surface area contributed by atoms with Crippen LogP contribution in [0.25, 0.3) is 11.1 Å². The molecular weight excluding hydrogens is 280 g/mol. The molecule has 0 radical (unpaired) electrons. The van der Waals surface area contributed by atoms with E-state index in [0.717, 1.165) is 21.0 Å². The third-order valence-electron chi connectivity index (χ3n) is 2.68. The second-order valence-electron chi connectivity index (χ2n) is 4.02. The first-order valence-electron chi connectivity index (χ1n) is 5.75. The fourth-order valence-electron chi connectivity index (χ4n) is 1.78. The molecule has 0 fully saturated rings. The molecule has 0 saturated heterocycles. The number of para-hydroxylation sites is 1. The lowest BCUT2D eigenvalue weighted by Crippen LogP contribution is -1.85. The van der Waals surface area contributed by atoms with Gasteiger partial charge in [0, 0.05) is 4.90 Å². The highest BCUT2D eigenvalue weighted by atomic mass is 35.5. The summed E-state index contributed by atoms with van der Waals surface area (Å²) in [4.78, 5) is 5.41. The van der Waals surface area contributed by atoms with Crippen molar-refractivity contribution in [3.63, 3.8) is 0 Å². The van der Waals surface area contributed by atoms with Gasteiger partial charge in [-0.25, -0.2) is 4.98 Å². The lowest BCUT2D eigenvalue weighted by atomic mass is 10.3. The minimum Gasteiger partial charge on any atom is -0.440 e. The fourth-order valence-corrected chi connectivity index (χ4v) is 2.86. The Labute approximate surface area is 119 Å². The van der Waals surface area contributed by atoms with Crippen LogP contribution in [0.4, 0.5) is 5.69 Å². The third-order valence-corrected chi connectivity index (χ3v) is 4.18. The van der Waals surface area contributed by atoms with Crippen LogP contribution in [0, 0.1) is 0 Å². The van der Waals surface area contributed by atoms with E-state index in [2.05, 4.69) is 4.98 Å². The van der Waals surface area contributed by atoms with Gasteiger partial charge in [0.15, 0.2) is 5.58 Å². The Hall–Kier alpha value is -1.65. The Bertz CT molecular complexity index is 726. The number of thioether (sulfide) groups is 1. The smallest absolute Gasteiger partial charge is 0.205 e. The van der Waals surface area contributed by atoms with Crippen molar-refractivity contribution in [3.05, 3.63) is 53.4 Å². The van der Waals surface area contributed by atoms with Crippen molar-refractivity contribution in [2.75, 3.05) is 5.73 Å². The van der Waals surface area contributed by atoms with E-state index in [-0.39, 0.29) is 0 Å². The van der Waals surface area contributed by atoms with Crippen molar-refractivity contribution in [1.29, 1.82) is 0 Å². The summed E-state index contributed by atoms with van der Waals surface area (Å²) in [6, 6.07) is 13.2. The van der Waals surface area contributed by atoms with Crippen molar-refractivity contribution >= 4 is 40.1 Å². The van der Waals surface area contributed by atoms with Crippen molar-refractivity contribution in [3.8, 4) is 0 Å². The van der Waals surface area contributed by atoms with Crippen molar-refractivity contribution in [1.82, 2.24) is 4.98 Å². The van der Waals surface area contributed by atoms with Crippen LogP contribution in [-0.4, -0.2) is 4.98 Å². The van der Waals surface area contributed by atoms with Gasteiger partial charge >= 0.3 is 0 Å². The second kappa shape index (κ2) is 5.15. The van der Waals surface area contributed by atoms with Crippen molar-refractivity contribution in [2.45, 2.75) is 10.6 Å². The molecule has 0 unspecified atom stereocenters. The van der Waals surface area contributed by atoms with Crippen LogP contribution in [0.3, 0.4) is 0 Å². The molecule has 19 heavy (non-hydrogen) atoms. The quantitative estimate of drug-likeness (QED) is 0.575. The summed E-state index contributed by atoms with van der Waals surface area (Å²) in [5.41, 5.74) is 7.92. The summed E-state index contributed by atoms with van der Waals surface area (Å²) in [5.74, 6) is 1.27. The largest absolute Gasteiger partial charge is 0.440 e. The Kier molecular flexibility index (Phi) is 3.36. The first kappa shape index (κ1) is 12.4. The standard InChI is InChI=1S/C14H11ClN2OS/c15-9-4-1-2-7-12(9)19-8-13-17-14-10(16)5-3-6-11(14)18-13/h1-7H,8,16H2. The molecule has 3 rings (SSSR count). The molecule has 5 heteroatoms. The minimum absolute atomic E-state index is 0.623. The zero-order chi connectivity index (χ0) is 13.2. The molecule has 0 aliphatic rings. The number of anilines is 1. The Morgan fingerprint density at radius 1 is 1.16 bits per heavy atom. The number of nitrogens with zero attached hydrogens (tertiary/aromatic N) is 1. The molecule has 1 aromatic heterocycles. The number of aromatic nitrogens is 1. The van der Waals surface area contributed by atoms with E-state index in [1.165, 1.54) is 0 Å². The Morgan fingerprint density at radius 3 is 2.79 bits per heavy atom. The molecule has 3 aromatic rings. The Morgan fingerprint density at radius 2 is 2.00 bits per heavy atom. The monoisotopic (exact) mass is 290 g/mol. The van der Waals surface area contributed by atoms with Crippen LogP contribution in [-0.2, 0) is 5.75 Å². The predicted octanol–water partition coefficient (Wildman–Crippen LogP) is 4.36. The average molecular weight is 291 g/mol. The topological polar surface area (TPSA) is 52.0 Å². The summed E-state index contributed by atoms with van der Waals surface area (Å²) in [5, 5.41) is 0.739. The van der Waals surface area contributed by atoms with E-state index < -0.39 is 0 Å². The lowest BCUT2D eigenvalue weighted by molar-refractivity contribution is 0.556. The number of hydrogen-bond acceptors (Lipinski definition) is 4. The highest BCUT2D eigenvalue weighted by Crippen LogP contribution is 2.30. The maximum atomic E-state index is 6.10. The molecule has 2 N–H and O–H groups in total. The minimum atomic E-state index is 0.623. The van der Waals surface area contributed by atoms with E-state index >= 15 is 0 Å². The van der Waals surface area contributed by atoms with E-state index in [1.54, 1.807) is 11.8 Å². The SMILES string of the molecule is Nc1cccc2oc(CSc3ccccc3Cl)nc12. The number of nitrogen functional groups attached to an aromatic ring is 1. The average Bonchev–Trinajstić information content (AvgIpc) is 2.82. The van der Waals surface area contributed by atoms with Gasteiger partial charge in [-0.05, 0) is 24.3 Å². The van der Waals surface area contributed by atoms with E-state index in [1.807, 2.05) is 42.5 Å². The molecule has 0 aliphatic carbocycles. The highest BCUT2D eigenvalue weighted by Gasteiger charge is 2.09. The number of oxazole rings is 1. The third kappa shape index (κ3) is 2.55. The van der Waals surface area contributed by atoms with Gasteiger partial charge in [0.1, 0.15) is 5.52 Å². The molecular formula is C14H11ClN2OS. The number of halogens is 1. The van der Waals surface area contributed by atoms with Crippen LogP contribution in [0.2, 0.25) is 5.02 Å². The molecule has 0 aliphatic heterocycles. The van der Waals surface area contributed by atoms with Crippen LogP contribution in [0.1, 0.15) is 5.89 Å². The van der Waals surface area contributed by atoms with E-state index in [9.17, 15) is 0 Å². The van der Waals surface area contributed by atoms with Gasteiger partial charge in [0.25, 0.3) is 0 Å². The first-order valence-corrected chi connectivity index (χ1v) is 7.11. The second-order valence-corrected chi connectivity index (χ2v) is 5.45. The zero-order valence-corrected chi connectivity index (χ0v) is 11.5. The summed E-state index contributed by atoms with van der Waals surface area (Å²) in [6.07, 6.45) is 0. The molecule has 3 nitrogen and oxygen atoms in total. The maximum Gasteiger partial charge on any atom is 0.205 e. The summed E-state index contributed by atoms with van der Waals surface area (Å²) >= 11 is 7.69. The lowest BCUT2D eigenvalue weighted by Gasteiger charge is -2.00. The van der Waals surface area contributed by atoms with Gasteiger partial charge in [-0.1, -0.05) is 29.8 Å². The number of nitrogens with two attached hydrogens (primary N) is 1.